The number of carbonyl (C=O) groups is 1. The van der Waals surface area contributed by atoms with Gasteiger partial charge in [-0.25, -0.2) is 0 Å². The molecule has 4 nitrogen and oxygen atoms in total. The molecule has 3 rings (SSSR count). The molecule has 0 aliphatic carbocycles. The highest BCUT2D eigenvalue weighted by Crippen LogP contribution is 2.31. The number of hydrogen-bond donors (Lipinski definition) is 0. The average Bonchev–Trinajstić information content (AvgIpc) is 2.97. The van der Waals surface area contributed by atoms with Crippen molar-refractivity contribution in [3.63, 3.8) is 0 Å². The van der Waals surface area contributed by atoms with E-state index in [9.17, 15) is 4.79 Å². The van der Waals surface area contributed by atoms with Gasteiger partial charge in [0.1, 0.15) is 0 Å². The molecule has 2 saturated heterocycles. The summed E-state index contributed by atoms with van der Waals surface area (Å²) < 4.78 is 11.4. The Labute approximate surface area is 129 Å². The number of rotatable bonds is 3. The Morgan fingerprint density at radius 2 is 1.81 bits per heavy atom. The van der Waals surface area contributed by atoms with E-state index in [1.807, 2.05) is 17.0 Å². The zero-order chi connectivity index (χ0) is 14.7. The first kappa shape index (κ1) is 14.9. The van der Waals surface area contributed by atoms with E-state index in [2.05, 4.69) is 18.4 Å². The summed E-state index contributed by atoms with van der Waals surface area (Å²) in [6.07, 6.45) is 4.09. The molecule has 0 saturated carbocycles. The summed E-state index contributed by atoms with van der Waals surface area (Å²) in [6, 6.07) is 8.22. The van der Waals surface area contributed by atoms with Crippen molar-refractivity contribution in [2.24, 2.45) is 0 Å². The second-order valence-corrected chi connectivity index (χ2v) is 6.39. The number of hydrogen-bond acceptors (Lipinski definition) is 4. The largest absolute Gasteiger partial charge is 0.347 e. The van der Waals surface area contributed by atoms with Crippen molar-refractivity contribution in [1.29, 1.82) is 0 Å². The molecule has 114 valence electrons. The molecule has 0 N–H and O–H groups in total. The van der Waals surface area contributed by atoms with Crippen molar-refractivity contribution in [1.82, 2.24) is 4.90 Å². The van der Waals surface area contributed by atoms with E-state index in [4.69, 9.17) is 9.47 Å². The zero-order valence-corrected chi connectivity index (χ0v) is 13.2. The van der Waals surface area contributed by atoms with Crippen molar-refractivity contribution in [2.45, 2.75) is 29.9 Å². The van der Waals surface area contributed by atoms with Crippen LogP contribution in [0.3, 0.4) is 0 Å². The minimum atomic E-state index is -0.406. The SMILES string of the molecule is CSc1ccc(CC(=O)N2CCC3(CC2)OCCO3)cc1. The predicted molar refractivity (Wildman–Crippen MR) is 82.4 cm³/mol. The number of carbonyl (C=O) groups excluding carboxylic acids is 1. The van der Waals surface area contributed by atoms with Crippen LogP contribution in [0, 0.1) is 0 Å². The molecule has 1 aromatic rings. The van der Waals surface area contributed by atoms with Crippen LogP contribution in [0.15, 0.2) is 29.2 Å². The monoisotopic (exact) mass is 307 g/mol. The van der Waals surface area contributed by atoms with Crippen molar-refractivity contribution in [2.75, 3.05) is 32.6 Å². The molecule has 0 atom stereocenters. The predicted octanol–water partition coefficient (Wildman–Crippen LogP) is 2.32. The highest BCUT2D eigenvalue weighted by atomic mass is 32.2. The van der Waals surface area contributed by atoms with Crippen LogP contribution in [0.5, 0.6) is 0 Å². The van der Waals surface area contributed by atoms with Crippen LogP contribution in [0.4, 0.5) is 0 Å². The summed E-state index contributed by atoms with van der Waals surface area (Å²) in [4.78, 5) is 15.5. The van der Waals surface area contributed by atoms with Crippen molar-refractivity contribution in [3.8, 4) is 0 Å². The minimum Gasteiger partial charge on any atom is -0.347 e. The Bertz CT molecular complexity index is 487. The van der Waals surface area contributed by atoms with Gasteiger partial charge < -0.3 is 14.4 Å². The Kier molecular flexibility index (Phi) is 4.52. The third kappa shape index (κ3) is 3.42. The Balaban J connectivity index is 1.54. The summed E-state index contributed by atoms with van der Waals surface area (Å²) in [5.41, 5.74) is 1.08. The Hall–Kier alpha value is -1.04. The smallest absolute Gasteiger partial charge is 0.226 e. The van der Waals surface area contributed by atoms with Crippen LogP contribution >= 0.6 is 11.8 Å². The van der Waals surface area contributed by atoms with Gasteiger partial charge in [-0.1, -0.05) is 12.1 Å². The average molecular weight is 307 g/mol. The number of nitrogens with zero attached hydrogens (tertiary/aromatic N) is 1. The van der Waals surface area contributed by atoms with Gasteiger partial charge in [0.05, 0.1) is 19.6 Å². The van der Waals surface area contributed by atoms with E-state index in [0.29, 0.717) is 19.6 Å². The van der Waals surface area contributed by atoms with Gasteiger partial charge in [-0.15, -0.1) is 11.8 Å². The molecule has 0 unspecified atom stereocenters. The number of ether oxygens (including phenoxy) is 2. The third-order valence-electron chi connectivity index (χ3n) is 4.21. The standard InChI is InChI=1S/C16H21NO3S/c1-21-14-4-2-13(3-5-14)12-15(18)17-8-6-16(7-9-17)19-10-11-20-16/h2-5H,6-12H2,1H3. The molecule has 0 radical (unpaired) electrons. The summed E-state index contributed by atoms with van der Waals surface area (Å²) in [5, 5.41) is 0. The van der Waals surface area contributed by atoms with E-state index in [-0.39, 0.29) is 5.91 Å². The number of amides is 1. The van der Waals surface area contributed by atoms with E-state index in [1.165, 1.54) is 4.90 Å². The van der Waals surface area contributed by atoms with Crippen molar-refractivity contribution in [3.05, 3.63) is 29.8 Å². The van der Waals surface area contributed by atoms with E-state index >= 15 is 0 Å². The van der Waals surface area contributed by atoms with E-state index < -0.39 is 5.79 Å². The quantitative estimate of drug-likeness (QED) is 0.803. The lowest BCUT2D eigenvalue weighted by molar-refractivity contribution is -0.187. The first-order chi connectivity index (χ1) is 10.2. The molecule has 0 aromatic heterocycles. The molecule has 5 heteroatoms. The normalized spacial score (nSPS) is 20.9. The van der Waals surface area contributed by atoms with Gasteiger partial charge in [-0.05, 0) is 24.0 Å². The van der Waals surface area contributed by atoms with E-state index in [1.54, 1.807) is 11.8 Å². The Morgan fingerprint density at radius 1 is 1.19 bits per heavy atom. The van der Waals surface area contributed by atoms with Crippen LogP contribution < -0.4 is 0 Å². The topological polar surface area (TPSA) is 38.8 Å². The molecular weight excluding hydrogens is 286 g/mol. The first-order valence-corrected chi connectivity index (χ1v) is 8.62. The summed E-state index contributed by atoms with van der Waals surface area (Å²) in [6.45, 7) is 2.80. The third-order valence-corrected chi connectivity index (χ3v) is 4.95. The first-order valence-electron chi connectivity index (χ1n) is 7.39. The second kappa shape index (κ2) is 6.38. The molecule has 1 aromatic carbocycles. The summed E-state index contributed by atoms with van der Waals surface area (Å²) in [7, 11) is 0. The molecule has 2 aliphatic heterocycles. The van der Waals surface area contributed by atoms with Gasteiger partial charge in [-0.2, -0.15) is 0 Å². The lowest BCUT2D eigenvalue weighted by Crippen LogP contribution is -2.47. The van der Waals surface area contributed by atoms with Gasteiger partial charge in [0.2, 0.25) is 5.91 Å². The fraction of sp³-hybridized carbons (Fsp3) is 0.562. The lowest BCUT2D eigenvalue weighted by atomic mass is 10.0. The molecule has 2 aliphatic rings. The number of benzene rings is 1. The fourth-order valence-electron chi connectivity index (χ4n) is 2.91. The molecule has 1 spiro atoms. The van der Waals surface area contributed by atoms with Crippen molar-refractivity contribution >= 4 is 17.7 Å². The highest BCUT2D eigenvalue weighted by Gasteiger charge is 2.40. The second-order valence-electron chi connectivity index (χ2n) is 5.51. The maximum Gasteiger partial charge on any atom is 0.226 e. The molecule has 0 bridgehead atoms. The zero-order valence-electron chi connectivity index (χ0n) is 12.3. The molecule has 2 heterocycles. The molecule has 1 amide bonds. The van der Waals surface area contributed by atoms with Crippen LogP contribution in [0.2, 0.25) is 0 Å². The molecule has 2 fully saturated rings. The Morgan fingerprint density at radius 3 is 2.38 bits per heavy atom. The van der Waals surface area contributed by atoms with Gasteiger partial charge in [-0.3, -0.25) is 4.79 Å². The van der Waals surface area contributed by atoms with Crippen LogP contribution in [-0.4, -0.2) is 49.2 Å². The van der Waals surface area contributed by atoms with Crippen LogP contribution in [-0.2, 0) is 20.7 Å². The lowest BCUT2D eigenvalue weighted by Gasteiger charge is -2.37. The minimum absolute atomic E-state index is 0.194. The maximum absolute atomic E-state index is 12.4. The highest BCUT2D eigenvalue weighted by molar-refractivity contribution is 7.98. The van der Waals surface area contributed by atoms with Gasteiger partial charge in [0.15, 0.2) is 5.79 Å². The van der Waals surface area contributed by atoms with Gasteiger partial charge >= 0.3 is 0 Å². The number of likely N-dealkylation sites (tertiary alicyclic amines) is 1. The van der Waals surface area contributed by atoms with E-state index in [0.717, 1.165) is 31.5 Å². The van der Waals surface area contributed by atoms with Gasteiger partial charge in [0, 0.05) is 30.8 Å². The molecule has 21 heavy (non-hydrogen) atoms. The van der Waals surface area contributed by atoms with Crippen LogP contribution in [0.25, 0.3) is 0 Å². The maximum atomic E-state index is 12.4. The summed E-state index contributed by atoms with van der Waals surface area (Å²) in [5.74, 6) is -0.212. The number of piperidine rings is 1. The van der Waals surface area contributed by atoms with Crippen molar-refractivity contribution < 1.29 is 14.3 Å². The summed E-state index contributed by atoms with van der Waals surface area (Å²) >= 11 is 1.71. The number of thioether (sulfide) groups is 1. The fourth-order valence-corrected chi connectivity index (χ4v) is 3.32. The van der Waals surface area contributed by atoms with Gasteiger partial charge in [0.25, 0.3) is 0 Å². The van der Waals surface area contributed by atoms with Crippen LogP contribution in [0.1, 0.15) is 18.4 Å². The molecular formula is C16H21NO3S.